The van der Waals surface area contributed by atoms with E-state index >= 15 is 0 Å². The molecule has 0 saturated carbocycles. The molecule has 1 N–H and O–H groups in total. The first-order valence-corrected chi connectivity index (χ1v) is 9.58. The Kier molecular flexibility index (Phi) is 6.14. The lowest BCUT2D eigenvalue weighted by Crippen LogP contribution is -2.25. The van der Waals surface area contributed by atoms with Crippen LogP contribution in [0.5, 0.6) is 5.75 Å². The third-order valence-corrected chi connectivity index (χ3v) is 5.06. The number of benzene rings is 2. The van der Waals surface area contributed by atoms with Crippen LogP contribution in [0.4, 0.5) is 4.39 Å². The van der Waals surface area contributed by atoms with Crippen molar-refractivity contribution in [3.63, 3.8) is 0 Å². The molecule has 7 heteroatoms. The van der Waals surface area contributed by atoms with Gasteiger partial charge in [-0.2, -0.15) is 5.10 Å². The minimum atomic E-state index is -0.298. The van der Waals surface area contributed by atoms with Gasteiger partial charge in [-0.1, -0.05) is 15.9 Å². The van der Waals surface area contributed by atoms with Crippen LogP contribution < -0.4 is 10.1 Å². The molecule has 2 aromatic carbocycles. The van der Waals surface area contributed by atoms with Gasteiger partial charge in [0.2, 0.25) is 5.91 Å². The van der Waals surface area contributed by atoms with E-state index in [0.29, 0.717) is 6.54 Å². The van der Waals surface area contributed by atoms with Gasteiger partial charge in [-0.05, 0) is 56.3 Å². The minimum absolute atomic E-state index is 0.105. The van der Waals surface area contributed by atoms with Gasteiger partial charge in [0.15, 0.2) is 0 Å². The lowest BCUT2D eigenvalue weighted by Gasteiger charge is -2.11. The van der Waals surface area contributed by atoms with Gasteiger partial charge in [0.25, 0.3) is 0 Å². The molecule has 0 radical (unpaired) electrons. The van der Waals surface area contributed by atoms with Gasteiger partial charge in [0, 0.05) is 27.8 Å². The fourth-order valence-corrected chi connectivity index (χ4v) is 3.48. The van der Waals surface area contributed by atoms with Crippen molar-refractivity contribution in [3.8, 4) is 11.4 Å². The normalized spacial score (nSPS) is 10.8. The Morgan fingerprint density at radius 2 is 1.93 bits per heavy atom. The molecule has 1 amide bonds. The Morgan fingerprint density at radius 3 is 2.61 bits per heavy atom. The molecular weight excluding hydrogens is 425 g/mol. The molecule has 0 aliphatic carbocycles. The fourth-order valence-electron chi connectivity index (χ4n) is 3.07. The highest BCUT2D eigenvalue weighted by atomic mass is 79.9. The van der Waals surface area contributed by atoms with Crippen LogP contribution in [0.2, 0.25) is 0 Å². The summed E-state index contributed by atoms with van der Waals surface area (Å²) in [4.78, 5) is 12.5. The van der Waals surface area contributed by atoms with E-state index in [1.807, 2.05) is 32.0 Å². The van der Waals surface area contributed by atoms with Gasteiger partial charge in [-0.15, -0.1) is 0 Å². The van der Waals surface area contributed by atoms with Gasteiger partial charge in [0.1, 0.15) is 11.6 Å². The van der Waals surface area contributed by atoms with Gasteiger partial charge in [0.05, 0.1) is 24.9 Å². The molecule has 146 valence electrons. The molecule has 28 heavy (non-hydrogen) atoms. The smallest absolute Gasteiger partial charge is 0.224 e. The van der Waals surface area contributed by atoms with Crippen LogP contribution in [0.15, 0.2) is 46.9 Å². The Labute approximate surface area is 171 Å². The van der Waals surface area contributed by atoms with E-state index in [1.54, 1.807) is 23.9 Å². The highest BCUT2D eigenvalue weighted by molar-refractivity contribution is 9.10. The zero-order valence-corrected chi connectivity index (χ0v) is 17.5. The van der Waals surface area contributed by atoms with Gasteiger partial charge < -0.3 is 10.1 Å². The Hall–Kier alpha value is -2.67. The summed E-state index contributed by atoms with van der Waals surface area (Å²) in [6, 6.07) is 11.8. The Balaban J connectivity index is 1.73. The second-order valence-electron chi connectivity index (χ2n) is 6.45. The number of methoxy groups -OCH3 is 1. The van der Waals surface area contributed by atoms with Crippen molar-refractivity contribution in [1.82, 2.24) is 15.1 Å². The van der Waals surface area contributed by atoms with Crippen LogP contribution in [0.3, 0.4) is 0 Å². The first-order valence-electron chi connectivity index (χ1n) is 8.79. The van der Waals surface area contributed by atoms with Crippen molar-refractivity contribution < 1.29 is 13.9 Å². The van der Waals surface area contributed by atoms with E-state index in [-0.39, 0.29) is 18.1 Å². The molecule has 0 atom stereocenters. The molecule has 0 aliphatic rings. The Morgan fingerprint density at radius 1 is 1.21 bits per heavy atom. The minimum Gasteiger partial charge on any atom is -0.496 e. The summed E-state index contributed by atoms with van der Waals surface area (Å²) in [5.74, 6) is 0.319. The Bertz CT molecular complexity index is 1000. The average Bonchev–Trinajstić information content (AvgIpc) is 2.95. The summed E-state index contributed by atoms with van der Waals surface area (Å²) in [5, 5.41) is 7.44. The summed E-state index contributed by atoms with van der Waals surface area (Å²) in [5.41, 5.74) is 4.15. The van der Waals surface area contributed by atoms with E-state index in [0.717, 1.165) is 38.4 Å². The number of hydrogen-bond donors (Lipinski definition) is 1. The van der Waals surface area contributed by atoms with Crippen molar-refractivity contribution in [3.05, 3.63) is 75.3 Å². The molecule has 0 unspecified atom stereocenters. The van der Waals surface area contributed by atoms with E-state index in [4.69, 9.17) is 4.74 Å². The lowest BCUT2D eigenvalue weighted by atomic mass is 10.1. The molecule has 1 heterocycles. The van der Waals surface area contributed by atoms with Gasteiger partial charge in [-0.25, -0.2) is 9.07 Å². The predicted molar refractivity (Wildman–Crippen MR) is 109 cm³/mol. The van der Waals surface area contributed by atoms with E-state index in [2.05, 4.69) is 26.3 Å². The standard InChI is InChI=1S/C21H21BrFN3O2/c1-13-19(14(2)26(25-13)18-7-5-17(23)6-8-18)11-21(27)24-12-15-10-16(22)4-9-20(15)28-3/h4-10H,11-12H2,1-3H3,(H,24,27). The molecule has 0 saturated heterocycles. The zero-order valence-electron chi connectivity index (χ0n) is 15.9. The number of carbonyl (C=O) groups is 1. The maximum absolute atomic E-state index is 13.2. The second kappa shape index (κ2) is 8.56. The van der Waals surface area contributed by atoms with E-state index < -0.39 is 0 Å². The number of amides is 1. The first kappa shape index (κ1) is 20.1. The summed E-state index contributed by atoms with van der Waals surface area (Å²) in [6.07, 6.45) is 0.217. The van der Waals surface area contributed by atoms with Crippen LogP contribution in [-0.4, -0.2) is 22.8 Å². The van der Waals surface area contributed by atoms with Crippen molar-refractivity contribution in [2.75, 3.05) is 7.11 Å². The van der Waals surface area contributed by atoms with Gasteiger partial charge in [-0.3, -0.25) is 4.79 Å². The first-order chi connectivity index (χ1) is 13.4. The van der Waals surface area contributed by atoms with Crippen molar-refractivity contribution >= 4 is 21.8 Å². The number of aromatic nitrogens is 2. The maximum Gasteiger partial charge on any atom is 0.224 e. The van der Waals surface area contributed by atoms with Gasteiger partial charge >= 0.3 is 0 Å². The summed E-state index contributed by atoms with van der Waals surface area (Å²) >= 11 is 3.43. The lowest BCUT2D eigenvalue weighted by molar-refractivity contribution is -0.120. The van der Waals surface area contributed by atoms with Crippen LogP contribution >= 0.6 is 15.9 Å². The molecule has 0 aliphatic heterocycles. The number of nitrogens with one attached hydrogen (secondary N) is 1. The molecule has 0 bridgehead atoms. The largest absolute Gasteiger partial charge is 0.496 e. The predicted octanol–water partition coefficient (Wildman–Crippen LogP) is 4.26. The number of carbonyl (C=O) groups excluding carboxylic acids is 1. The number of aryl methyl sites for hydroxylation is 1. The maximum atomic E-state index is 13.2. The summed E-state index contributed by atoms with van der Waals surface area (Å²) in [6.45, 7) is 4.14. The third kappa shape index (κ3) is 4.42. The summed E-state index contributed by atoms with van der Waals surface area (Å²) < 4.78 is 21.2. The van der Waals surface area contributed by atoms with E-state index in [9.17, 15) is 9.18 Å². The molecule has 1 aromatic heterocycles. The van der Waals surface area contributed by atoms with Crippen LogP contribution in [0.1, 0.15) is 22.5 Å². The number of rotatable bonds is 6. The van der Waals surface area contributed by atoms with E-state index in [1.165, 1.54) is 12.1 Å². The number of halogens is 2. The van der Waals surface area contributed by atoms with Crippen molar-refractivity contribution in [1.29, 1.82) is 0 Å². The average molecular weight is 446 g/mol. The molecule has 5 nitrogen and oxygen atoms in total. The fraction of sp³-hybridized carbons (Fsp3) is 0.238. The molecule has 3 aromatic rings. The van der Waals surface area contributed by atoms with Crippen molar-refractivity contribution in [2.45, 2.75) is 26.8 Å². The van der Waals surface area contributed by atoms with Crippen LogP contribution in [-0.2, 0) is 17.8 Å². The number of nitrogens with zero attached hydrogens (tertiary/aromatic N) is 2. The number of ether oxygens (including phenoxy) is 1. The SMILES string of the molecule is COc1ccc(Br)cc1CNC(=O)Cc1c(C)nn(-c2ccc(F)cc2)c1C. The zero-order chi connectivity index (χ0) is 20.3. The summed E-state index contributed by atoms with van der Waals surface area (Å²) in [7, 11) is 1.60. The second-order valence-corrected chi connectivity index (χ2v) is 7.36. The molecule has 0 spiro atoms. The monoisotopic (exact) mass is 445 g/mol. The van der Waals surface area contributed by atoms with Crippen LogP contribution in [0, 0.1) is 19.7 Å². The highest BCUT2D eigenvalue weighted by Gasteiger charge is 2.16. The highest BCUT2D eigenvalue weighted by Crippen LogP contribution is 2.23. The topological polar surface area (TPSA) is 56.1 Å². The van der Waals surface area contributed by atoms with Crippen molar-refractivity contribution in [2.24, 2.45) is 0 Å². The molecule has 0 fully saturated rings. The molecule has 3 rings (SSSR count). The number of hydrogen-bond acceptors (Lipinski definition) is 3. The quantitative estimate of drug-likeness (QED) is 0.616. The third-order valence-electron chi connectivity index (χ3n) is 4.57. The molecular formula is C21H21BrFN3O2. The van der Waals surface area contributed by atoms with Crippen LogP contribution in [0.25, 0.3) is 5.69 Å².